The number of rotatable bonds is 5. The van der Waals surface area contributed by atoms with Gasteiger partial charge < -0.3 is 10.0 Å². The number of halogens is 1. The van der Waals surface area contributed by atoms with Gasteiger partial charge in [0.15, 0.2) is 0 Å². The summed E-state index contributed by atoms with van der Waals surface area (Å²) >= 11 is 5.29. The number of aliphatic hydroxyl groups excluding tert-OH is 1. The van der Waals surface area contributed by atoms with E-state index in [0.717, 1.165) is 22.3 Å². The number of anilines is 1. The Kier molecular flexibility index (Phi) is 4.15. The van der Waals surface area contributed by atoms with Crippen LogP contribution in [0.15, 0.2) is 39.5 Å². The van der Waals surface area contributed by atoms with E-state index in [2.05, 4.69) is 43.7 Å². The molecule has 0 spiro atoms. The lowest BCUT2D eigenvalue weighted by atomic mass is 10.1. The van der Waals surface area contributed by atoms with Crippen molar-refractivity contribution in [3.8, 4) is 0 Å². The molecule has 2 nitrogen and oxygen atoms in total. The zero-order valence-corrected chi connectivity index (χ0v) is 13.8. The van der Waals surface area contributed by atoms with Gasteiger partial charge in [0.2, 0.25) is 0 Å². The van der Waals surface area contributed by atoms with Crippen LogP contribution in [-0.2, 0) is 6.54 Å². The third kappa shape index (κ3) is 3.08. The van der Waals surface area contributed by atoms with Crippen LogP contribution in [0.3, 0.4) is 0 Å². The van der Waals surface area contributed by atoms with E-state index in [9.17, 15) is 5.11 Å². The minimum atomic E-state index is -0.443. The molecule has 1 aliphatic rings. The highest BCUT2D eigenvalue weighted by molar-refractivity contribution is 9.10. The number of aliphatic hydroxyl groups is 1. The van der Waals surface area contributed by atoms with Crippen molar-refractivity contribution in [3.05, 3.63) is 50.6 Å². The molecule has 0 bridgehead atoms. The second-order valence-corrected chi connectivity index (χ2v) is 7.07. The van der Waals surface area contributed by atoms with Crippen LogP contribution in [0.5, 0.6) is 0 Å². The first kappa shape index (κ1) is 14.1. The quantitative estimate of drug-likeness (QED) is 0.841. The molecular formula is C16H18BrNOS. The van der Waals surface area contributed by atoms with Crippen molar-refractivity contribution in [3.63, 3.8) is 0 Å². The minimum Gasteiger partial charge on any atom is -0.389 e. The fourth-order valence-electron chi connectivity index (χ4n) is 2.50. The van der Waals surface area contributed by atoms with Crippen molar-refractivity contribution in [2.24, 2.45) is 0 Å². The molecule has 1 heterocycles. The summed E-state index contributed by atoms with van der Waals surface area (Å²) in [5.74, 6) is 0. The van der Waals surface area contributed by atoms with Crippen LogP contribution in [0.1, 0.15) is 37.0 Å². The molecule has 0 radical (unpaired) electrons. The average molecular weight is 352 g/mol. The van der Waals surface area contributed by atoms with Crippen molar-refractivity contribution in [2.45, 2.75) is 38.5 Å². The predicted octanol–water partition coefficient (Wildman–Crippen LogP) is 4.73. The van der Waals surface area contributed by atoms with Gasteiger partial charge in [0.25, 0.3) is 0 Å². The molecule has 1 N–H and O–H groups in total. The maximum absolute atomic E-state index is 10.0. The Hall–Kier alpha value is -0.840. The molecule has 1 unspecified atom stereocenters. The molecule has 1 aliphatic carbocycles. The standard InChI is InChI=1S/C16H18BrNOS/c1-11(19)15-5-2-13(17)8-16(15)18(14-3-4-14)9-12-6-7-20-10-12/h2,5-8,10-11,14,19H,3-4,9H2,1H3. The van der Waals surface area contributed by atoms with Gasteiger partial charge in [0.05, 0.1) is 6.10 Å². The van der Waals surface area contributed by atoms with Gasteiger partial charge in [-0.1, -0.05) is 22.0 Å². The predicted molar refractivity (Wildman–Crippen MR) is 88.3 cm³/mol. The highest BCUT2D eigenvalue weighted by atomic mass is 79.9. The van der Waals surface area contributed by atoms with E-state index in [4.69, 9.17) is 0 Å². The van der Waals surface area contributed by atoms with Crippen LogP contribution in [-0.4, -0.2) is 11.1 Å². The zero-order chi connectivity index (χ0) is 14.1. The fraction of sp³-hybridized carbons (Fsp3) is 0.375. The van der Waals surface area contributed by atoms with Gasteiger partial charge in [0.1, 0.15) is 0 Å². The van der Waals surface area contributed by atoms with Crippen molar-refractivity contribution in [1.82, 2.24) is 0 Å². The smallest absolute Gasteiger partial charge is 0.0782 e. The van der Waals surface area contributed by atoms with E-state index in [-0.39, 0.29) is 0 Å². The van der Waals surface area contributed by atoms with E-state index in [1.807, 2.05) is 19.1 Å². The third-order valence-electron chi connectivity index (χ3n) is 3.67. The Morgan fingerprint density at radius 2 is 2.20 bits per heavy atom. The highest BCUT2D eigenvalue weighted by Gasteiger charge is 2.31. The zero-order valence-electron chi connectivity index (χ0n) is 11.4. The lowest BCUT2D eigenvalue weighted by Crippen LogP contribution is -2.26. The summed E-state index contributed by atoms with van der Waals surface area (Å²) < 4.78 is 1.06. The van der Waals surface area contributed by atoms with Gasteiger partial charge in [-0.15, -0.1) is 0 Å². The fourth-order valence-corrected chi connectivity index (χ4v) is 3.50. The Bertz CT molecular complexity index is 578. The number of hydrogen-bond acceptors (Lipinski definition) is 3. The van der Waals surface area contributed by atoms with Crippen molar-refractivity contribution < 1.29 is 5.11 Å². The molecule has 1 aromatic carbocycles. The van der Waals surface area contributed by atoms with Crippen LogP contribution >= 0.6 is 27.3 Å². The number of hydrogen-bond donors (Lipinski definition) is 1. The van der Waals surface area contributed by atoms with Gasteiger partial charge in [-0.05, 0) is 54.3 Å². The Balaban J connectivity index is 1.96. The molecule has 20 heavy (non-hydrogen) atoms. The summed E-state index contributed by atoms with van der Waals surface area (Å²) in [6, 6.07) is 8.95. The molecular weight excluding hydrogens is 334 g/mol. The van der Waals surface area contributed by atoms with Crippen molar-refractivity contribution in [1.29, 1.82) is 0 Å². The average Bonchev–Trinajstić information content (AvgIpc) is 3.12. The Labute approximate surface area is 132 Å². The van der Waals surface area contributed by atoms with E-state index in [0.29, 0.717) is 6.04 Å². The number of thiophene rings is 1. The van der Waals surface area contributed by atoms with Gasteiger partial charge in [0, 0.05) is 28.3 Å². The van der Waals surface area contributed by atoms with Gasteiger partial charge >= 0.3 is 0 Å². The third-order valence-corrected chi connectivity index (χ3v) is 4.90. The van der Waals surface area contributed by atoms with Crippen LogP contribution in [0.25, 0.3) is 0 Å². The first-order valence-corrected chi connectivity index (χ1v) is 8.64. The van der Waals surface area contributed by atoms with Crippen LogP contribution in [0.4, 0.5) is 5.69 Å². The van der Waals surface area contributed by atoms with Gasteiger partial charge in [-0.25, -0.2) is 0 Å². The molecule has 0 aliphatic heterocycles. The topological polar surface area (TPSA) is 23.5 Å². The number of nitrogens with zero attached hydrogens (tertiary/aromatic N) is 1. The summed E-state index contributed by atoms with van der Waals surface area (Å²) in [5, 5.41) is 14.4. The molecule has 1 aromatic heterocycles. The largest absolute Gasteiger partial charge is 0.389 e. The first-order valence-electron chi connectivity index (χ1n) is 6.90. The lowest BCUT2D eigenvalue weighted by Gasteiger charge is -2.28. The molecule has 3 rings (SSSR count). The minimum absolute atomic E-state index is 0.443. The summed E-state index contributed by atoms with van der Waals surface area (Å²) in [4.78, 5) is 2.44. The van der Waals surface area contributed by atoms with Crippen LogP contribution < -0.4 is 4.90 Å². The Morgan fingerprint density at radius 3 is 2.80 bits per heavy atom. The maximum Gasteiger partial charge on any atom is 0.0782 e. The lowest BCUT2D eigenvalue weighted by molar-refractivity contribution is 0.199. The van der Waals surface area contributed by atoms with Crippen molar-refractivity contribution in [2.75, 3.05) is 4.90 Å². The van der Waals surface area contributed by atoms with Crippen molar-refractivity contribution >= 4 is 33.0 Å². The van der Waals surface area contributed by atoms with Crippen LogP contribution in [0, 0.1) is 0 Å². The SMILES string of the molecule is CC(O)c1ccc(Br)cc1N(Cc1ccsc1)C1CC1. The van der Waals surface area contributed by atoms with E-state index < -0.39 is 6.10 Å². The molecule has 2 aromatic rings. The monoisotopic (exact) mass is 351 g/mol. The highest BCUT2D eigenvalue weighted by Crippen LogP contribution is 2.38. The summed E-state index contributed by atoms with van der Waals surface area (Å²) in [5.41, 5.74) is 3.51. The molecule has 1 atom stereocenters. The van der Waals surface area contributed by atoms with E-state index >= 15 is 0 Å². The summed E-state index contributed by atoms with van der Waals surface area (Å²) in [7, 11) is 0. The maximum atomic E-state index is 10.0. The molecule has 1 fully saturated rings. The summed E-state index contributed by atoms with van der Waals surface area (Å²) in [6.07, 6.45) is 2.05. The Morgan fingerprint density at radius 1 is 1.40 bits per heavy atom. The second kappa shape index (κ2) is 5.88. The van der Waals surface area contributed by atoms with Gasteiger partial charge in [-0.3, -0.25) is 0 Å². The van der Waals surface area contributed by atoms with Gasteiger partial charge in [-0.2, -0.15) is 11.3 Å². The van der Waals surface area contributed by atoms with E-state index in [1.165, 1.54) is 18.4 Å². The first-order chi connectivity index (χ1) is 9.65. The molecule has 4 heteroatoms. The van der Waals surface area contributed by atoms with E-state index in [1.54, 1.807) is 11.3 Å². The molecule has 106 valence electrons. The normalized spacial score (nSPS) is 16.1. The molecule has 0 amide bonds. The van der Waals surface area contributed by atoms with Crippen LogP contribution in [0.2, 0.25) is 0 Å². The summed E-state index contributed by atoms with van der Waals surface area (Å²) in [6.45, 7) is 2.76. The second-order valence-electron chi connectivity index (χ2n) is 5.37. The molecule has 1 saturated carbocycles. The molecule has 0 saturated heterocycles. The number of benzene rings is 1.